The summed E-state index contributed by atoms with van der Waals surface area (Å²) in [5.41, 5.74) is 1.60. The number of sulfonamides is 1. The number of carbonyl (C=O) groups is 2. The van der Waals surface area contributed by atoms with Crippen LogP contribution in [0.2, 0.25) is 5.02 Å². The summed E-state index contributed by atoms with van der Waals surface area (Å²) in [5, 5.41) is 5.60. The van der Waals surface area contributed by atoms with Gasteiger partial charge >= 0.3 is 0 Å². The van der Waals surface area contributed by atoms with E-state index in [2.05, 4.69) is 10.6 Å². The van der Waals surface area contributed by atoms with E-state index in [1.807, 2.05) is 0 Å². The van der Waals surface area contributed by atoms with Gasteiger partial charge in [-0.25, -0.2) is 8.42 Å². The number of carbonyl (C=O) groups excluding carboxylic acids is 2. The van der Waals surface area contributed by atoms with Gasteiger partial charge in [0.1, 0.15) is 0 Å². The van der Waals surface area contributed by atoms with E-state index in [-0.39, 0.29) is 27.9 Å². The van der Waals surface area contributed by atoms with Crippen LogP contribution in [-0.4, -0.2) is 37.6 Å². The number of halogens is 1. The maximum atomic E-state index is 12.7. The molecule has 2 aromatic rings. The molecule has 0 radical (unpaired) electrons. The molecular weight excluding hydrogens is 414 g/mol. The zero-order valence-electron chi connectivity index (χ0n) is 15.9. The predicted molar refractivity (Wildman–Crippen MR) is 111 cm³/mol. The van der Waals surface area contributed by atoms with Gasteiger partial charge in [0.15, 0.2) is 0 Å². The summed E-state index contributed by atoms with van der Waals surface area (Å²) < 4.78 is 26.9. The Kier molecular flexibility index (Phi) is 6.56. The normalized spacial score (nSPS) is 14.6. The van der Waals surface area contributed by atoms with Crippen LogP contribution >= 0.6 is 11.6 Å². The second-order valence-corrected chi connectivity index (χ2v) is 9.16. The Balaban J connectivity index is 1.71. The smallest absolute Gasteiger partial charge is 0.253 e. The fraction of sp³-hybridized carbons (Fsp3) is 0.300. The summed E-state index contributed by atoms with van der Waals surface area (Å²) in [6.45, 7) is 2.64. The highest BCUT2D eigenvalue weighted by molar-refractivity contribution is 7.89. The van der Waals surface area contributed by atoms with Crippen LogP contribution in [0.3, 0.4) is 0 Å². The van der Waals surface area contributed by atoms with Crippen LogP contribution in [0, 0.1) is 0 Å². The minimum atomic E-state index is -3.63. The molecule has 1 aliphatic rings. The van der Waals surface area contributed by atoms with Gasteiger partial charge in [-0.1, -0.05) is 23.7 Å². The third-order valence-corrected chi connectivity index (χ3v) is 6.84. The molecule has 0 spiro atoms. The minimum Gasteiger partial charge on any atom is -0.348 e. The quantitative estimate of drug-likeness (QED) is 0.729. The van der Waals surface area contributed by atoms with E-state index in [1.165, 1.54) is 29.4 Å². The van der Waals surface area contributed by atoms with E-state index in [0.717, 1.165) is 18.4 Å². The van der Waals surface area contributed by atoms with Crippen LogP contribution in [0.4, 0.5) is 5.69 Å². The van der Waals surface area contributed by atoms with Crippen LogP contribution in [-0.2, 0) is 21.4 Å². The van der Waals surface area contributed by atoms with Crippen molar-refractivity contribution in [2.75, 3.05) is 18.4 Å². The number of anilines is 1. The Bertz CT molecular complexity index is 1020. The number of nitrogens with zero attached hydrogens (tertiary/aromatic N) is 1. The molecule has 9 heteroatoms. The molecule has 0 atom stereocenters. The van der Waals surface area contributed by atoms with E-state index in [4.69, 9.17) is 11.6 Å². The molecule has 3 rings (SSSR count). The lowest BCUT2D eigenvalue weighted by Crippen LogP contribution is -2.28. The number of nitrogens with one attached hydrogen (secondary N) is 2. The molecule has 7 nitrogen and oxygen atoms in total. The maximum Gasteiger partial charge on any atom is 0.253 e. The fourth-order valence-electron chi connectivity index (χ4n) is 3.10. The molecule has 29 heavy (non-hydrogen) atoms. The summed E-state index contributed by atoms with van der Waals surface area (Å²) in [6, 6.07) is 11.2. The van der Waals surface area contributed by atoms with Crippen molar-refractivity contribution in [3.63, 3.8) is 0 Å². The van der Waals surface area contributed by atoms with Gasteiger partial charge in [-0.3, -0.25) is 9.59 Å². The van der Waals surface area contributed by atoms with Crippen LogP contribution in [0.5, 0.6) is 0 Å². The highest BCUT2D eigenvalue weighted by Gasteiger charge is 2.28. The minimum absolute atomic E-state index is 0.0635. The van der Waals surface area contributed by atoms with Crippen molar-refractivity contribution in [2.24, 2.45) is 0 Å². The van der Waals surface area contributed by atoms with Gasteiger partial charge in [0, 0.05) is 32.2 Å². The van der Waals surface area contributed by atoms with E-state index in [1.54, 1.807) is 24.3 Å². The standard InChI is InChI=1S/C20H22ClN3O4S/c1-14(25)23-16-6-4-15(5-7-16)13-22-20(26)18-12-17(8-9-19(18)21)29(27,28)24-10-2-3-11-24/h4-9,12H,2-3,10-11,13H2,1H3,(H,22,26)(H,23,25). The molecule has 0 saturated carbocycles. The second kappa shape index (κ2) is 8.94. The Labute approximate surface area is 175 Å². The first-order chi connectivity index (χ1) is 13.8. The number of amides is 2. The van der Waals surface area contributed by atoms with Gasteiger partial charge in [-0.2, -0.15) is 4.31 Å². The number of rotatable bonds is 6. The topological polar surface area (TPSA) is 95.6 Å². The van der Waals surface area contributed by atoms with Crippen LogP contribution in [0.1, 0.15) is 35.7 Å². The largest absolute Gasteiger partial charge is 0.348 e. The average Bonchev–Trinajstić information content (AvgIpc) is 3.22. The number of hydrogen-bond donors (Lipinski definition) is 2. The Morgan fingerprint density at radius 2 is 1.72 bits per heavy atom. The lowest BCUT2D eigenvalue weighted by atomic mass is 10.1. The predicted octanol–water partition coefficient (Wildman–Crippen LogP) is 3.01. The molecule has 2 amide bonds. The molecule has 1 saturated heterocycles. The molecule has 154 valence electrons. The van der Waals surface area contributed by atoms with Crippen LogP contribution in [0.25, 0.3) is 0 Å². The van der Waals surface area contributed by atoms with E-state index < -0.39 is 15.9 Å². The Hall–Kier alpha value is -2.42. The highest BCUT2D eigenvalue weighted by Crippen LogP contribution is 2.25. The Morgan fingerprint density at radius 3 is 2.34 bits per heavy atom. The molecule has 0 aromatic heterocycles. The monoisotopic (exact) mass is 435 g/mol. The van der Waals surface area contributed by atoms with Crippen molar-refractivity contribution in [2.45, 2.75) is 31.2 Å². The third kappa shape index (κ3) is 5.14. The van der Waals surface area contributed by atoms with Crippen LogP contribution < -0.4 is 10.6 Å². The zero-order chi connectivity index (χ0) is 21.0. The fourth-order valence-corrected chi connectivity index (χ4v) is 4.85. The summed E-state index contributed by atoms with van der Waals surface area (Å²) in [7, 11) is -3.63. The molecule has 2 N–H and O–H groups in total. The van der Waals surface area contributed by atoms with Gasteiger partial charge in [0.2, 0.25) is 15.9 Å². The molecular formula is C20H22ClN3O4S. The van der Waals surface area contributed by atoms with Crippen molar-refractivity contribution in [1.29, 1.82) is 0 Å². The first-order valence-electron chi connectivity index (χ1n) is 9.22. The second-order valence-electron chi connectivity index (χ2n) is 6.81. The van der Waals surface area contributed by atoms with Gasteiger partial charge < -0.3 is 10.6 Å². The average molecular weight is 436 g/mol. The summed E-state index contributed by atoms with van der Waals surface area (Å²) in [4.78, 5) is 23.7. The molecule has 0 unspecified atom stereocenters. The molecule has 0 bridgehead atoms. The summed E-state index contributed by atoms with van der Waals surface area (Å²) in [6.07, 6.45) is 1.67. The lowest BCUT2D eigenvalue weighted by molar-refractivity contribution is -0.114. The lowest BCUT2D eigenvalue weighted by Gasteiger charge is -2.16. The zero-order valence-corrected chi connectivity index (χ0v) is 17.5. The van der Waals surface area contributed by atoms with Crippen molar-refractivity contribution >= 4 is 39.1 Å². The summed E-state index contributed by atoms with van der Waals surface area (Å²) in [5.74, 6) is -0.621. The van der Waals surface area contributed by atoms with Gasteiger partial charge in [0.25, 0.3) is 5.91 Å². The molecule has 1 fully saturated rings. The van der Waals surface area contributed by atoms with Crippen molar-refractivity contribution in [3.05, 3.63) is 58.6 Å². The molecule has 1 aliphatic heterocycles. The van der Waals surface area contributed by atoms with E-state index >= 15 is 0 Å². The van der Waals surface area contributed by atoms with Gasteiger partial charge in [-0.15, -0.1) is 0 Å². The number of hydrogen-bond acceptors (Lipinski definition) is 4. The van der Waals surface area contributed by atoms with E-state index in [0.29, 0.717) is 18.8 Å². The van der Waals surface area contributed by atoms with Crippen molar-refractivity contribution in [1.82, 2.24) is 9.62 Å². The van der Waals surface area contributed by atoms with Crippen molar-refractivity contribution < 1.29 is 18.0 Å². The van der Waals surface area contributed by atoms with Crippen LogP contribution in [0.15, 0.2) is 47.4 Å². The van der Waals surface area contributed by atoms with Gasteiger partial charge in [-0.05, 0) is 48.7 Å². The number of benzene rings is 2. The molecule has 0 aliphatic carbocycles. The van der Waals surface area contributed by atoms with Gasteiger partial charge in [0.05, 0.1) is 15.5 Å². The first kappa shape index (κ1) is 21.3. The highest BCUT2D eigenvalue weighted by atomic mass is 35.5. The Morgan fingerprint density at radius 1 is 1.07 bits per heavy atom. The molecule has 1 heterocycles. The molecule has 2 aromatic carbocycles. The first-order valence-corrected chi connectivity index (χ1v) is 11.0. The SMILES string of the molecule is CC(=O)Nc1ccc(CNC(=O)c2cc(S(=O)(=O)N3CCCC3)ccc2Cl)cc1. The summed E-state index contributed by atoms with van der Waals surface area (Å²) >= 11 is 6.14. The maximum absolute atomic E-state index is 12.7. The van der Waals surface area contributed by atoms with E-state index in [9.17, 15) is 18.0 Å². The third-order valence-electron chi connectivity index (χ3n) is 4.61. The van der Waals surface area contributed by atoms with Crippen molar-refractivity contribution in [3.8, 4) is 0 Å².